The molecular formula is C22H25N3O6. The van der Waals surface area contributed by atoms with Gasteiger partial charge in [0.25, 0.3) is 17.5 Å². The van der Waals surface area contributed by atoms with Gasteiger partial charge < -0.3 is 19.7 Å². The van der Waals surface area contributed by atoms with Crippen LogP contribution in [0.1, 0.15) is 46.9 Å². The minimum absolute atomic E-state index is 0.158. The minimum atomic E-state index is -0.714. The monoisotopic (exact) mass is 427 g/mol. The number of hydrogen-bond acceptors (Lipinski definition) is 6. The van der Waals surface area contributed by atoms with Crippen molar-refractivity contribution in [1.82, 2.24) is 4.90 Å². The highest BCUT2D eigenvalue weighted by atomic mass is 16.6. The third kappa shape index (κ3) is 4.93. The lowest BCUT2D eigenvalue weighted by Crippen LogP contribution is -2.36. The number of para-hydroxylation sites is 1. The Morgan fingerprint density at radius 1 is 1.10 bits per heavy atom. The van der Waals surface area contributed by atoms with Gasteiger partial charge in [-0.2, -0.15) is 0 Å². The second-order valence-corrected chi connectivity index (χ2v) is 7.06. The molecule has 1 heterocycles. The van der Waals surface area contributed by atoms with Gasteiger partial charge in [0.05, 0.1) is 36.0 Å². The number of nitro benzene ring substituents is 1. The first-order chi connectivity index (χ1) is 15.0. The molecule has 1 aliphatic heterocycles. The zero-order valence-corrected chi connectivity index (χ0v) is 17.6. The number of piperidine rings is 1. The van der Waals surface area contributed by atoms with Crippen LogP contribution < -0.4 is 14.8 Å². The van der Waals surface area contributed by atoms with Crippen LogP contribution in [0.15, 0.2) is 36.4 Å². The normalized spacial score (nSPS) is 13.4. The fourth-order valence-corrected chi connectivity index (χ4v) is 3.55. The highest BCUT2D eigenvalue weighted by Gasteiger charge is 2.27. The van der Waals surface area contributed by atoms with Crippen molar-refractivity contribution in [2.24, 2.45) is 0 Å². The van der Waals surface area contributed by atoms with Crippen LogP contribution in [0.4, 0.5) is 11.4 Å². The molecule has 2 amide bonds. The van der Waals surface area contributed by atoms with E-state index in [1.54, 1.807) is 36.1 Å². The Balaban J connectivity index is 1.94. The van der Waals surface area contributed by atoms with E-state index in [-0.39, 0.29) is 23.0 Å². The summed E-state index contributed by atoms with van der Waals surface area (Å²) >= 11 is 0. The highest BCUT2D eigenvalue weighted by molar-refractivity contribution is 6.11. The number of amides is 2. The van der Waals surface area contributed by atoms with Gasteiger partial charge in [0.2, 0.25) is 0 Å². The second-order valence-electron chi connectivity index (χ2n) is 7.06. The van der Waals surface area contributed by atoms with Crippen molar-refractivity contribution < 1.29 is 24.0 Å². The molecule has 31 heavy (non-hydrogen) atoms. The summed E-state index contributed by atoms with van der Waals surface area (Å²) in [5.41, 5.74) is 0.0391. The molecule has 164 valence electrons. The largest absolute Gasteiger partial charge is 0.493 e. The summed E-state index contributed by atoms with van der Waals surface area (Å²) in [7, 11) is 1.36. The summed E-state index contributed by atoms with van der Waals surface area (Å²) < 4.78 is 10.6. The number of nitro groups is 1. The third-order valence-corrected chi connectivity index (χ3v) is 5.07. The zero-order valence-electron chi connectivity index (χ0n) is 17.6. The Labute approximate surface area is 180 Å². The van der Waals surface area contributed by atoms with Crippen LogP contribution >= 0.6 is 0 Å². The van der Waals surface area contributed by atoms with E-state index in [1.807, 2.05) is 0 Å². The predicted octanol–water partition coefficient (Wildman–Crippen LogP) is 3.88. The third-order valence-electron chi connectivity index (χ3n) is 5.07. The number of likely N-dealkylation sites (tertiary alicyclic amines) is 1. The zero-order chi connectivity index (χ0) is 22.4. The Morgan fingerprint density at radius 3 is 2.45 bits per heavy atom. The molecule has 0 atom stereocenters. The van der Waals surface area contributed by atoms with Crippen molar-refractivity contribution in [3.05, 3.63) is 57.6 Å². The van der Waals surface area contributed by atoms with Crippen molar-refractivity contribution >= 4 is 23.2 Å². The Bertz CT molecular complexity index is 985. The summed E-state index contributed by atoms with van der Waals surface area (Å²) in [6, 6.07) is 9.09. The molecule has 1 saturated heterocycles. The maximum Gasteiger partial charge on any atom is 0.286 e. The van der Waals surface area contributed by atoms with Crippen molar-refractivity contribution in [2.45, 2.75) is 26.2 Å². The van der Waals surface area contributed by atoms with Crippen molar-refractivity contribution in [2.75, 3.05) is 32.1 Å². The number of benzene rings is 2. The molecule has 2 aromatic rings. The molecule has 0 unspecified atom stereocenters. The van der Waals surface area contributed by atoms with E-state index in [2.05, 4.69) is 5.32 Å². The number of nitrogens with zero attached hydrogens (tertiary/aromatic N) is 2. The van der Waals surface area contributed by atoms with Gasteiger partial charge in [0.1, 0.15) is 5.56 Å². The Morgan fingerprint density at radius 2 is 1.81 bits per heavy atom. The number of anilines is 1. The van der Waals surface area contributed by atoms with E-state index < -0.39 is 16.5 Å². The standard InChI is InChI=1S/C22H25N3O6/c1-3-31-20-13-16(18(25(28)29)14-19(20)30-2)21(26)23-17-10-6-5-9-15(17)22(27)24-11-7-4-8-12-24/h5-6,9-10,13-14H,3-4,7-8,11-12H2,1-2H3,(H,23,26). The molecule has 9 heteroatoms. The highest BCUT2D eigenvalue weighted by Crippen LogP contribution is 2.35. The van der Waals surface area contributed by atoms with E-state index in [0.29, 0.717) is 30.9 Å². The number of methoxy groups -OCH3 is 1. The Hall–Kier alpha value is -3.62. The molecule has 1 aliphatic rings. The summed E-state index contributed by atoms with van der Waals surface area (Å²) in [6.07, 6.45) is 2.97. The topological polar surface area (TPSA) is 111 Å². The maximum absolute atomic E-state index is 13.0. The molecule has 0 saturated carbocycles. The average molecular weight is 427 g/mol. The van der Waals surface area contributed by atoms with Gasteiger partial charge in [-0.15, -0.1) is 0 Å². The number of nitrogens with one attached hydrogen (secondary N) is 1. The molecule has 0 aliphatic carbocycles. The number of rotatable bonds is 7. The van der Waals surface area contributed by atoms with Crippen molar-refractivity contribution in [3.8, 4) is 11.5 Å². The lowest BCUT2D eigenvalue weighted by molar-refractivity contribution is -0.385. The van der Waals surface area contributed by atoms with E-state index in [1.165, 1.54) is 13.2 Å². The SMILES string of the molecule is CCOc1cc(C(=O)Nc2ccccc2C(=O)N2CCCCC2)c([N+](=O)[O-])cc1OC. The molecule has 0 aromatic heterocycles. The van der Waals surface area contributed by atoms with E-state index in [4.69, 9.17) is 9.47 Å². The van der Waals surface area contributed by atoms with Crippen LogP contribution in [-0.2, 0) is 0 Å². The number of hydrogen-bond donors (Lipinski definition) is 1. The van der Waals surface area contributed by atoms with Crippen LogP contribution in [0.25, 0.3) is 0 Å². The van der Waals surface area contributed by atoms with Gasteiger partial charge >= 0.3 is 0 Å². The van der Waals surface area contributed by atoms with E-state index in [0.717, 1.165) is 25.3 Å². The quantitative estimate of drug-likeness (QED) is 0.530. The molecule has 2 aromatic carbocycles. The van der Waals surface area contributed by atoms with Gasteiger partial charge in [-0.3, -0.25) is 19.7 Å². The van der Waals surface area contributed by atoms with Crippen LogP contribution in [0.2, 0.25) is 0 Å². The average Bonchev–Trinajstić information content (AvgIpc) is 2.79. The first kappa shape index (κ1) is 22.1. The number of ether oxygens (including phenoxy) is 2. The summed E-state index contributed by atoms with van der Waals surface area (Å²) in [5.74, 6) is -0.506. The molecule has 1 N–H and O–H groups in total. The Kier molecular flexibility index (Phi) is 7.07. The number of carbonyl (C=O) groups excluding carboxylic acids is 2. The van der Waals surface area contributed by atoms with Gasteiger partial charge in [-0.1, -0.05) is 12.1 Å². The van der Waals surface area contributed by atoms with Gasteiger partial charge in [-0.25, -0.2) is 0 Å². The second kappa shape index (κ2) is 9.92. The number of carbonyl (C=O) groups is 2. The predicted molar refractivity (Wildman–Crippen MR) is 115 cm³/mol. The first-order valence-corrected chi connectivity index (χ1v) is 10.1. The molecule has 1 fully saturated rings. The molecular weight excluding hydrogens is 402 g/mol. The molecule has 0 radical (unpaired) electrons. The first-order valence-electron chi connectivity index (χ1n) is 10.1. The molecule has 9 nitrogen and oxygen atoms in total. The summed E-state index contributed by atoms with van der Waals surface area (Å²) in [5, 5.41) is 14.2. The molecule has 3 rings (SSSR count). The fraction of sp³-hybridized carbons (Fsp3) is 0.364. The van der Waals surface area contributed by atoms with Crippen molar-refractivity contribution in [3.63, 3.8) is 0 Å². The van der Waals surface area contributed by atoms with Gasteiger partial charge in [-0.05, 0) is 38.3 Å². The maximum atomic E-state index is 13.0. The van der Waals surface area contributed by atoms with Crippen LogP contribution in [0.3, 0.4) is 0 Å². The lowest BCUT2D eigenvalue weighted by Gasteiger charge is -2.27. The molecule has 0 spiro atoms. The smallest absolute Gasteiger partial charge is 0.286 e. The minimum Gasteiger partial charge on any atom is -0.493 e. The summed E-state index contributed by atoms with van der Waals surface area (Å²) in [4.78, 5) is 38.6. The molecule has 0 bridgehead atoms. The van der Waals surface area contributed by atoms with Gasteiger partial charge in [0, 0.05) is 19.2 Å². The van der Waals surface area contributed by atoms with Crippen LogP contribution in [0, 0.1) is 10.1 Å². The van der Waals surface area contributed by atoms with Crippen LogP contribution in [-0.4, -0.2) is 48.4 Å². The van der Waals surface area contributed by atoms with Crippen molar-refractivity contribution in [1.29, 1.82) is 0 Å². The lowest BCUT2D eigenvalue weighted by atomic mass is 10.1. The van der Waals surface area contributed by atoms with Crippen LogP contribution in [0.5, 0.6) is 11.5 Å². The van der Waals surface area contributed by atoms with Gasteiger partial charge in [0.15, 0.2) is 11.5 Å². The van der Waals surface area contributed by atoms with E-state index in [9.17, 15) is 19.7 Å². The summed E-state index contributed by atoms with van der Waals surface area (Å²) in [6.45, 7) is 3.39. The fourth-order valence-electron chi connectivity index (χ4n) is 3.55. The van der Waals surface area contributed by atoms with E-state index >= 15 is 0 Å².